The van der Waals surface area contributed by atoms with Crippen LogP contribution >= 0.6 is 37.9 Å². The molecular weight excluding hydrogens is 541 g/mol. The maximum Gasteiger partial charge on any atom is 0.119 e. The Bertz CT molecular complexity index is 1370. The van der Waals surface area contributed by atoms with Crippen LogP contribution in [0.5, 0.6) is 17.2 Å². The Kier molecular flexibility index (Phi) is 10.6. The standard InChI is InChI=1S/C33H24O3S3/c37-16-13-25-1-7-31(8-2-25)34-22-28-19-29(23-35-32-9-3-26(4-10-32)14-17-38)21-30(20-28)24-36-33-11-5-27(6-12-33)15-18-39/h1-12,19-21,37-39H,22-24H2. The zero-order chi connectivity index (χ0) is 27.3. The van der Waals surface area contributed by atoms with Crippen molar-refractivity contribution in [3.8, 4) is 50.8 Å². The van der Waals surface area contributed by atoms with Crippen LogP contribution in [0.2, 0.25) is 0 Å². The summed E-state index contributed by atoms with van der Waals surface area (Å²) in [5.41, 5.74) is 5.67. The number of thiol groups is 3. The molecule has 0 aromatic heterocycles. The summed E-state index contributed by atoms with van der Waals surface area (Å²) < 4.78 is 18.1. The van der Waals surface area contributed by atoms with E-state index in [0.717, 1.165) is 50.6 Å². The second-order valence-electron chi connectivity index (χ2n) is 8.31. The van der Waals surface area contributed by atoms with E-state index in [2.05, 4.69) is 89.6 Å². The maximum absolute atomic E-state index is 6.05. The van der Waals surface area contributed by atoms with E-state index in [-0.39, 0.29) is 0 Å². The SMILES string of the molecule is SC#Cc1ccc(OCc2cc(COc3ccc(C#CS)cc3)cc(COc3ccc(C#CS)cc3)c2)cc1. The van der Waals surface area contributed by atoms with Crippen LogP contribution in [-0.2, 0) is 19.8 Å². The molecule has 0 unspecified atom stereocenters. The lowest BCUT2D eigenvalue weighted by molar-refractivity contribution is 0.293. The van der Waals surface area contributed by atoms with Crippen LogP contribution in [0.1, 0.15) is 33.4 Å². The maximum atomic E-state index is 6.05. The van der Waals surface area contributed by atoms with Crippen molar-refractivity contribution in [3.63, 3.8) is 0 Å². The van der Waals surface area contributed by atoms with E-state index >= 15 is 0 Å². The first kappa shape index (κ1) is 28.0. The zero-order valence-electron chi connectivity index (χ0n) is 20.8. The van der Waals surface area contributed by atoms with Crippen molar-refractivity contribution in [1.29, 1.82) is 0 Å². The Balaban J connectivity index is 1.48. The lowest BCUT2D eigenvalue weighted by Crippen LogP contribution is -2.04. The lowest BCUT2D eigenvalue weighted by atomic mass is 10.1. The van der Waals surface area contributed by atoms with Gasteiger partial charge in [-0.1, -0.05) is 55.6 Å². The van der Waals surface area contributed by atoms with Crippen LogP contribution in [0, 0.1) is 33.5 Å². The van der Waals surface area contributed by atoms with Gasteiger partial charge in [0, 0.05) is 16.7 Å². The molecule has 0 aliphatic carbocycles. The molecule has 4 rings (SSSR count). The van der Waals surface area contributed by atoms with Crippen LogP contribution in [0.15, 0.2) is 91.0 Å². The summed E-state index contributed by atoms with van der Waals surface area (Å²) in [6, 6.07) is 29.0. The van der Waals surface area contributed by atoms with Gasteiger partial charge in [0.15, 0.2) is 0 Å². The predicted octanol–water partition coefficient (Wildman–Crippen LogP) is 7.14. The average Bonchev–Trinajstić information content (AvgIpc) is 2.97. The Hall–Kier alpha value is -3.99. The minimum Gasteiger partial charge on any atom is -0.489 e. The molecule has 0 heterocycles. The van der Waals surface area contributed by atoms with Crippen molar-refractivity contribution in [2.75, 3.05) is 0 Å². The Morgan fingerprint density at radius 2 is 0.667 bits per heavy atom. The van der Waals surface area contributed by atoms with Gasteiger partial charge >= 0.3 is 0 Å². The predicted molar refractivity (Wildman–Crippen MR) is 166 cm³/mol. The van der Waals surface area contributed by atoms with E-state index in [1.165, 1.54) is 0 Å². The molecule has 0 spiro atoms. The molecule has 192 valence electrons. The van der Waals surface area contributed by atoms with Crippen LogP contribution in [0.4, 0.5) is 0 Å². The topological polar surface area (TPSA) is 27.7 Å². The van der Waals surface area contributed by atoms with E-state index in [9.17, 15) is 0 Å². The van der Waals surface area contributed by atoms with E-state index in [1.807, 2.05) is 72.8 Å². The van der Waals surface area contributed by atoms with Crippen LogP contribution in [-0.4, -0.2) is 0 Å². The first-order chi connectivity index (χ1) is 19.1. The molecule has 0 amide bonds. The van der Waals surface area contributed by atoms with Crippen molar-refractivity contribution < 1.29 is 14.2 Å². The van der Waals surface area contributed by atoms with Gasteiger partial charge in [-0.15, -0.1) is 0 Å². The summed E-state index contributed by atoms with van der Waals surface area (Å²) in [7, 11) is 0. The van der Waals surface area contributed by atoms with Gasteiger partial charge in [0.1, 0.15) is 37.1 Å². The molecule has 0 aliphatic rings. The third kappa shape index (κ3) is 9.06. The molecular formula is C33H24O3S3. The number of rotatable bonds is 9. The second-order valence-corrected chi connectivity index (χ2v) is 8.98. The van der Waals surface area contributed by atoms with Gasteiger partial charge in [0.05, 0.1) is 0 Å². The molecule has 0 bridgehead atoms. The van der Waals surface area contributed by atoms with E-state index < -0.39 is 0 Å². The van der Waals surface area contributed by atoms with Gasteiger partial charge in [-0.2, -0.15) is 0 Å². The smallest absolute Gasteiger partial charge is 0.119 e. The second kappa shape index (κ2) is 14.8. The van der Waals surface area contributed by atoms with Crippen LogP contribution in [0.3, 0.4) is 0 Å². The normalized spacial score (nSPS) is 9.62. The van der Waals surface area contributed by atoms with Gasteiger partial charge in [-0.05, 0) is 123 Å². The lowest BCUT2D eigenvalue weighted by Gasteiger charge is -2.13. The molecule has 0 saturated carbocycles. The monoisotopic (exact) mass is 564 g/mol. The largest absolute Gasteiger partial charge is 0.489 e. The summed E-state index contributed by atoms with van der Waals surface area (Å²) in [5.74, 6) is 11.0. The van der Waals surface area contributed by atoms with Crippen LogP contribution < -0.4 is 14.2 Å². The fraction of sp³-hybridized carbons (Fsp3) is 0.0909. The highest BCUT2D eigenvalue weighted by Gasteiger charge is 2.06. The van der Waals surface area contributed by atoms with Crippen molar-refractivity contribution in [2.24, 2.45) is 0 Å². The van der Waals surface area contributed by atoms with Gasteiger partial charge in [-0.3, -0.25) is 0 Å². The summed E-state index contributed by atoms with van der Waals surface area (Å²) in [4.78, 5) is 0. The number of benzene rings is 4. The number of hydrogen-bond acceptors (Lipinski definition) is 6. The van der Waals surface area contributed by atoms with Crippen molar-refractivity contribution in [2.45, 2.75) is 19.8 Å². The van der Waals surface area contributed by atoms with Crippen molar-refractivity contribution >= 4 is 37.9 Å². The fourth-order valence-electron chi connectivity index (χ4n) is 3.69. The molecule has 39 heavy (non-hydrogen) atoms. The first-order valence-electron chi connectivity index (χ1n) is 11.9. The van der Waals surface area contributed by atoms with Crippen molar-refractivity contribution in [3.05, 3.63) is 124 Å². The Morgan fingerprint density at radius 1 is 0.410 bits per heavy atom. The third-order valence-corrected chi connectivity index (χ3v) is 5.83. The Morgan fingerprint density at radius 3 is 0.897 bits per heavy atom. The van der Waals surface area contributed by atoms with E-state index in [1.54, 1.807) is 0 Å². The Labute approximate surface area is 246 Å². The van der Waals surface area contributed by atoms with E-state index in [4.69, 9.17) is 14.2 Å². The summed E-state index contributed by atoms with van der Waals surface area (Å²) in [5, 5.41) is 7.80. The number of ether oxygens (including phenoxy) is 3. The highest BCUT2D eigenvalue weighted by Crippen LogP contribution is 2.20. The molecule has 0 saturated heterocycles. The molecule has 0 radical (unpaired) electrons. The molecule has 4 aromatic rings. The van der Waals surface area contributed by atoms with Crippen molar-refractivity contribution in [1.82, 2.24) is 0 Å². The summed E-state index contributed by atoms with van der Waals surface area (Å²) in [6.07, 6.45) is 0. The fourth-order valence-corrected chi connectivity index (χ4v) is 4.07. The average molecular weight is 565 g/mol. The van der Waals surface area contributed by atoms with Gasteiger partial charge in [0.2, 0.25) is 0 Å². The van der Waals surface area contributed by atoms with E-state index in [0.29, 0.717) is 19.8 Å². The summed E-state index contributed by atoms with van der Waals surface area (Å²) >= 11 is 11.8. The zero-order valence-corrected chi connectivity index (χ0v) is 23.5. The molecule has 0 aliphatic heterocycles. The van der Waals surface area contributed by atoms with Gasteiger partial charge < -0.3 is 14.2 Å². The molecule has 0 atom stereocenters. The molecule has 0 N–H and O–H groups in total. The minimum absolute atomic E-state index is 0.395. The highest BCUT2D eigenvalue weighted by atomic mass is 32.1. The van der Waals surface area contributed by atoms with Gasteiger partial charge in [-0.25, -0.2) is 0 Å². The number of hydrogen-bond donors (Lipinski definition) is 3. The third-order valence-electron chi connectivity index (χ3n) is 5.49. The highest BCUT2D eigenvalue weighted by molar-refractivity contribution is 7.85. The molecule has 0 fully saturated rings. The summed E-state index contributed by atoms with van der Waals surface area (Å²) in [6.45, 7) is 1.19. The first-order valence-corrected chi connectivity index (χ1v) is 13.2. The van der Waals surface area contributed by atoms with Gasteiger partial charge in [0.25, 0.3) is 0 Å². The molecule has 4 aromatic carbocycles. The molecule has 6 heteroatoms. The van der Waals surface area contributed by atoms with Crippen LogP contribution in [0.25, 0.3) is 0 Å². The quantitative estimate of drug-likeness (QED) is 0.149. The minimum atomic E-state index is 0.395. The molecule has 3 nitrogen and oxygen atoms in total.